The lowest BCUT2D eigenvalue weighted by Crippen LogP contribution is -2.18. The highest BCUT2D eigenvalue weighted by Crippen LogP contribution is 2.26. The lowest BCUT2D eigenvalue weighted by Gasteiger charge is -2.17. The van der Waals surface area contributed by atoms with Crippen molar-refractivity contribution in [1.82, 2.24) is 0 Å². The van der Waals surface area contributed by atoms with Gasteiger partial charge in [-0.2, -0.15) is 0 Å². The molecule has 1 amide bonds. The molecule has 1 N–H and O–H groups in total. The van der Waals surface area contributed by atoms with Gasteiger partial charge < -0.3 is 10.1 Å². The molecule has 3 aromatic rings. The zero-order valence-corrected chi connectivity index (χ0v) is 15.8. The van der Waals surface area contributed by atoms with Gasteiger partial charge in [-0.1, -0.05) is 60.7 Å². The molecule has 4 nitrogen and oxygen atoms in total. The van der Waals surface area contributed by atoms with E-state index in [9.17, 15) is 9.59 Å². The second-order valence-electron chi connectivity index (χ2n) is 6.58. The SMILES string of the molecule is COc1ccc(NC(=O)CC(CC(=O)c2ccccc2)c2ccccc2)cc1. The van der Waals surface area contributed by atoms with Gasteiger partial charge in [-0.3, -0.25) is 9.59 Å². The van der Waals surface area contributed by atoms with Gasteiger partial charge in [0.1, 0.15) is 5.75 Å². The smallest absolute Gasteiger partial charge is 0.224 e. The Morgan fingerprint density at radius 2 is 1.43 bits per heavy atom. The van der Waals surface area contributed by atoms with Crippen LogP contribution >= 0.6 is 0 Å². The van der Waals surface area contributed by atoms with Crippen LogP contribution in [0, 0.1) is 0 Å². The van der Waals surface area contributed by atoms with Gasteiger partial charge in [0.15, 0.2) is 5.78 Å². The Bertz CT molecular complexity index is 906. The quantitative estimate of drug-likeness (QED) is 0.560. The largest absolute Gasteiger partial charge is 0.497 e. The third-order valence-corrected chi connectivity index (χ3v) is 4.60. The first-order chi connectivity index (χ1) is 13.7. The molecule has 0 aromatic heterocycles. The van der Waals surface area contributed by atoms with Gasteiger partial charge >= 0.3 is 0 Å². The van der Waals surface area contributed by atoms with Gasteiger partial charge in [0.2, 0.25) is 5.91 Å². The summed E-state index contributed by atoms with van der Waals surface area (Å²) in [5, 5.41) is 2.90. The van der Waals surface area contributed by atoms with Gasteiger partial charge in [0.05, 0.1) is 7.11 Å². The van der Waals surface area contributed by atoms with Gasteiger partial charge in [-0.25, -0.2) is 0 Å². The minimum absolute atomic E-state index is 0.0340. The number of amides is 1. The van der Waals surface area contributed by atoms with Crippen LogP contribution in [-0.2, 0) is 4.79 Å². The molecule has 1 unspecified atom stereocenters. The van der Waals surface area contributed by atoms with E-state index in [0.717, 1.165) is 11.3 Å². The van der Waals surface area contributed by atoms with Crippen molar-refractivity contribution in [3.63, 3.8) is 0 Å². The summed E-state index contributed by atoms with van der Waals surface area (Å²) in [7, 11) is 1.60. The van der Waals surface area contributed by atoms with E-state index in [1.165, 1.54) is 0 Å². The first kappa shape index (κ1) is 19.4. The van der Waals surface area contributed by atoms with Gasteiger partial charge in [0, 0.05) is 24.1 Å². The van der Waals surface area contributed by atoms with Crippen LogP contribution in [0.25, 0.3) is 0 Å². The standard InChI is InChI=1S/C24H23NO3/c1-28-22-14-12-21(13-15-22)25-24(27)17-20(18-8-4-2-5-9-18)16-23(26)19-10-6-3-7-11-19/h2-15,20H,16-17H2,1H3,(H,25,27). The van der Waals surface area contributed by atoms with Crippen LogP contribution in [0.5, 0.6) is 5.75 Å². The minimum Gasteiger partial charge on any atom is -0.497 e. The van der Waals surface area contributed by atoms with Crippen molar-refractivity contribution in [3.05, 3.63) is 96.1 Å². The zero-order valence-electron chi connectivity index (χ0n) is 15.8. The van der Waals surface area contributed by atoms with Crippen LogP contribution in [0.3, 0.4) is 0 Å². The number of carbonyl (C=O) groups is 2. The molecule has 4 heteroatoms. The van der Waals surface area contributed by atoms with Crippen LogP contribution in [0.4, 0.5) is 5.69 Å². The van der Waals surface area contributed by atoms with Crippen molar-refractivity contribution >= 4 is 17.4 Å². The van der Waals surface area contributed by atoms with Crippen molar-refractivity contribution in [2.45, 2.75) is 18.8 Å². The topological polar surface area (TPSA) is 55.4 Å². The maximum atomic E-state index is 12.7. The molecule has 3 aromatic carbocycles. The number of ether oxygens (including phenoxy) is 1. The molecule has 1 atom stereocenters. The Morgan fingerprint density at radius 1 is 0.821 bits per heavy atom. The summed E-state index contributed by atoms with van der Waals surface area (Å²) in [6.07, 6.45) is 0.513. The van der Waals surface area contributed by atoms with Crippen LogP contribution in [0.1, 0.15) is 34.7 Å². The highest BCUT2D eigenvalue weighted by molar-refractivity contribution is 5.97. The number of hydrogen-bond donors (Lipinski definition) is 1. The highest BCUT2D eigenvalue weighted by Gasteiger charge is 2.20. The number of hydrogen-bond acceptors (Lipinski definition) is 3. The molecule has 3 rings (SSSR count). The lowest BCUT2D eigenvalue weighted by molar-refractivity contribution is -0.116. The first-order valence-corrected chi connectivity index (χ1v) is 9.23. The number of carbonyl (C=O) groups excluding carboxylic acids is 2. The zero-order chi connectivity index (χ0) is 19.8. The Morgan fingerprint density at radius 3 is 2.04 bits per heavy atom. The van der Waals surface area contributed by atoms with E-state index in [2.05, 4.69) is 5.32 Å². The van der Waals surface area contributed by atoms with Crippen molar-refractivity contribution in [1.29, 1.82) is 0 Å². The van der Waals surface area contributed by atoms with Crippen LogP contribution in [-0.4, -0.2) is 18.8 Å². The Balaban J connectivity index is 1.71. The summed E-state index contributed by atoms with van der Waals surface area (Å²) in [5.41, 5.74) is 2.35. The summed E-state index contributed by atoms with van der Waals surface area (Å²) in [4.78, 5) is 25.3. The predicted octanol–water partition coefficient (Wildman–Crippen LogP) is 5.08. The summed E-state index contributed by atoms with van der Waals surface area (Å²) >= 11 is 0. The van der Waals surface area contributed by atoms with Crippen molar-refractivity contribution in [3.8, 4) is 5.75 Å². The van der Waals surface area contributed by atoms with Crippen molar-refractivity contribution < 1.29 is 14.3 Å². The summed E-state index contributed by atoms with van der Waals surface area (Å²) in [6.45, 7) is 0. The third-order valence-electron chi connectivity index (χ3n) is 4.60. The normalized spacial score (nSPS) is 11.5. The van der Waals surface area contributed by atoms with E-state index in [1.807, 2.05) is 60.7 Å². The maximum Gasteiger partial charge on any atom is 0.224 e. The average Bonchev–Trinajstić information content (AvgIpc) is 2.75. The molecule has 28 heavy (non-hydrogen) atoms. The predicted molar refractivity (Wildman–Crippen MR) is 111 cm³/mol. The number of Topliss-reactive ketones (excluding diaryl/α,β-unsaturated/α-hetero) is 1. The molecule has 0 heterocycles. The fourth-order valence-corrected chi connectivity index (χ4v) is 3.11. The molecule has 0 aliphatic heterocycles. The molecule has 0 aliphatic carbocycles. The van der Waals surface area contributed by atoms with E-state index in [4.69, 9.17) is 4.74 Å². The second-order valence-corrected chi connectivity index (χ2v) is 6.58. The number of ketones is 1. The summed E-state index contributed by atoms with van der Waals surface area (Å²) in [5.74, 6) is 0.451. The number of benzene rings is 3. The van der Waals surface area contributed by atoms with E-state index >= 15 is 0 Å². The number of anilines is 1. The minimum atomic E-state index is -0.188. The van der Waals surface area contributed by atoms with E-state index in [-0.39, 0.29) is 30.4 Å². The Kier molecular flexibility index (Phi) is 6.58. The molecule has 0 bridgehead atoms. The van der Waals surface area contributed by atoms with Crippen molar-refractivity contribution in [2.75, 3.05) is 12.4 Å². The lowest BCUT2D eigenvalue weighted by atomic mass is 9.88. The van der Waals surface area contributed by atoms with Crippen molar-refractivity contribution in [2.24, 2.45) is 0 Å². The average molecular weight is 373 g/mol. The van der Waals surface area contributed by atoms with E-state index in [1.54, 1.807) is 31.4 Å². The molecular weight excluding hydrogens is 350 g/mol. The molecular formula is C24H23NO3. The Labute approximate surface area is 165 Å². The molecule has 0 aliphatic rings. The van der Waals surface area contributed by atoms with Gasteiger partial charge in [0.25, 0.3) is 0 Å². The monoisotopic (exact) mass is 373 g/mol. The summed E-state index contributed by atoms with van der Waals surface area (Å²) < 4.78 is 5.13. The third kappa shape index (κ3) is 5.30. The Hall–Kier alpha value is -3.40. The van der Waals surface area contributed by atoms with Crippen LogP contribution in [0.2, 0.25) is 0 Å². The van der Waals surface area contributed by atoms with Gasteiger partial charge in [-0.05, 0) is 35.7 Å². The molecule has 0 spiro atoms. The molecule has 142 valence electrons. The number of methoxy groups -OCH3 is 1. The summed E-state index contributed by atoms with van der Waals surface area (Å²) in [6, 6.07) is 26.1. The molecule has 0 radical (unpaired) electrons. The fraction of sp³-hybridized carbons (Fsp3) is 0.167. The number of nitrogens with one attached hydrogen (secondary N) is 1. The number of rotatable bonds is 8. The van der Waals surface area contributed by atoms with E-state index in [0.29, 0.717) is 11.3 Å². The molecule has 0 saturated carbocycles. The maximum absolute atomic E-state index is 12.7. The first-order valence-electron chi connectivity index (χ1n) is 9.23. The van der Waals surface area contributed by atoms with Crippen LogP contribution < -0.4 is 10.1 Å². The highest BCUT2D eigenvalue weighted by atomic mass is 16.5. The molecule has 0 saturated heterocycles. The fourth-order valence-electron chi connectivity index (χ4n) is 3.11. The van der Waals surface area contributed by atoms with Crippen LogP contribution in [0.15, 0.2) is 84.9 Å². The van der Waals surface area contributed by atoms with E-state index < -0.39 is 0 Å². The van der Waals surface area contributed by atoms with Gasteiger partial charge in [-0.15, -0.1) is 0 Å². The second kappa shape index (κ2) is 9.51. The molecule has 0 fully saturated rings.